The molecule has 2 heterocycles. The van der Waals surface area contributed by atoms with Gasteiger partial charge < -0.3 is 5.32 Å². The summed E-state index contributed by atoms with van der Waals surface area (Å²) in [5.74, 6) is 0.413. The average molecular weight is 150 g/mol. The van der Waals surface area contributed by atoms with Crippen LogP contribution in [0.25, 0.3) is 0 Å². The lowest BCUT2D eigenvalue weighted by Gasteiger charge is -2.14. The molecule has 0 aromatic rings. The molecule has 11 heavy (non-hydrogen) atoms. The summed E-state index contributed by atoms with van der Waals surface area (Å²) in [6, 6.07) is 0. The van der Waals surface area contributed by atoms with Gasteiger partial charge in [0, 0.05) is 18.6 Å². The number of allylic oxidation sites excluding steroid dienone is 1. The highest BCUT2D eigenvalue weighted by Crippen LogP contribution is 2.22. The van der Waals surface area contributed by atoms with Crippen LogP contribution in [0.1, 0.15) is 13.3 Å². The molecule has 0 saturated carbocycles. The summed E-state index contributed by atoms with van der Waals surface area (Å²) in [5.41, 5.74) is 1.16. The summed E-state index contributed by atoms with van der Waals surface area (Å²) in [4.78, 5) is 15.1. The number of amides is 1. The first kappa shape index (κ1) is 6.58. The van der Waals surface area contributed by atoms with E-state index in [1.165, 1.54) is 0 Å². The molecule has 3 heteroatoms. The van der Waals surface area contributed by atoms with Gasteiger partial charge in [-0.3, -0.25) is 9.79 Å². The Kier molecular flexibility index (Phi) is 1.31. The zero-order valence-electron chi connectivity index (χ0n) is 6.37. The first-order valence-corrected chi connectivity index (χ1v) is 3.77. The van der Waals surface area contributed by atoms with Gasteiger partial charge in [-0.2, -0.15) is 0 Å². The van der Waals surface area contributed by atoms with E-state index in [9.17, 15) is 4.79 Å². The molecule has 2 rings (SSSR count). The van der Waals surface area contributed by atoms with Gasteiger partial charge in [0.2, 0.25) is 5.91 Å². The van der Waals surface area contributed by atoms with E-state index in [0.717, 1.165) is 5.57 Å². The second kappa shape index (κ2) is 2.19. The standard InChI is InChI=1S/C8H10N2O/c1-5-2-6-3-7(11)10-8(6)9-4-5/h2,4,6,8H,3H2,1H3,(H,10,11). The van der Waals surface area contributed by atoms with Crippen LogP contribution in [-0.4, -0.2) is 18.3 Å². The van der Waals surface area contributed by atoms with Gasteiger partial charge in [0.15, 0.2) is 0 Å². The normalized spacial score (nSPS) is 34.6. The lowest BCUT2D eigenvalue weighted by atomic mass is 10.0. The molecule has 2 unspecified atom stereocenters. The van der Waals surface area contributed by atoms with Gasteiger partial charge in [0.05, 0.1) is 0 Å². The third-order valence-electron chi connectivity index (χ3n) is 2.05. The van der Waals surface area contributed by atoms with E-state index < -0.39 is 0 Å². The van der Waals surface area contributed by atoms with Gasteiger partial charge in [0.25, 0.3) is 0 Å². The van der Waals surface area contributed by atoms with E-state index in [4.69, 9.17) is 0 Å². The van der Waals surface area contributed by atoms with Gasteiger partial charge in [-0.15, -0.1) is 0 Å². The lowest BCUT2D eigenvalue weighted by molar-refractivity contribution is -0.119. The number of dihydropyridines is 1. The van der Waals surface area contributed by atoms with E-state index in [-0.39, 0.29) is 12.1 Å². The fourth-order valence-corrected chi connectivity index (χ4v) is 1.53. The second-order valence-electron chi connectivity index (χ2n) is 3.07. The number of fused-ring (bicyclic) bond motifs is 1. The Balaban J connectivity index is 2.23. The Hall–Kier alpha value is -1.12. The highest BCUT2D eigenvalue weighted by atomic mass is 16.2. The fourth-order valence-electron chi connectivity index (χ4n) is 1.53. The maximum Gasteiger partial charge on any atom is 0.222 e. The third kappa shape index (κ3) is 1.06. The Morgan fingerprint density at radius 3 is 3.36 bits per heavy atom. The molecule has 0 spiro atoms. The number of aliphatic imine (C=N–C) groups is 1. The minimum Gasteiger partial charge on any atom is -0.334 e. The number of nitrogens with one attached hydrogen (secondary N) is 1. The maximum absolute atomic E-state index is 10.9. The van der Waals surface area contributed by atoms with Crippen molar-refractivity contribution in [3.63, 3.8) is 0 Å². The summed E-state index contributed by atoms with van der Waals surface area (Å²) in [6.07, 6.45) is 4.54. The van der Waals surface area contributed by atoms with E-state index in [1.807, 2.05) is 13.1 Å². The zero-order valence-corrected chi connectivity index (χ0v) is 6.37. The smallest absolute Gasteiger partial charge is 0.222 e. The maximum atomic E-state index is 10.9. The molecule has 0 radical (unpaired) electrons. The predicted molar refractivity (Wildman–Crippen MR) is 42.3 cm³/mol. The molecule has 0 aromatic heterocycles. The van der Waals surface area contributed by atoms with Gasteiger partial charge >= 0.3 is 0 Å². The van der Waals surface area contributed by atoms with Crippen molar-refractivity contribution in [2.24, 2.45) is 10.9 Å². The van der Waals surface area contributed by atoms with Gasteiger partial charge in [-0.05, 0) is 12.5 Å². The second-order valence-corrected chi connectivity index (χ2v) is 3.07. The van der Waals surface area contributed by atoms with Gasteiger partial charge in [-0.25, -0.2) is 0 Å². The molecule has 58 valence electrons. The van der Waals surface area contributed by atoms with Crippen LogP contribution in [0.3, 0.4) is 0 Å². The molecule has 2 aliphatic rings. The monoisotopic (exact) mass is 150 g/mol. The van der Waals surface area contributed by atoms with Crippen molar-refractivity contribution in [3.05, 3.63) is 11.6 Å². The molecule has 1 N–H and O–H groups in total. The Morgan fingerprint density at radius 1 is 1.73 bits per heavy atom. The van der Waals surface area contributed by atoms with Crippen LogP contribution in [0, 0.1) is 5.92 Å². The van der Waals surface area contributed by atoms with Crippen molar-refractivity contribution < 1.29 is 4.79 Å². The van der Waals surface area contributed by atoms with Crippen LogP contribution in [0.2, 0.25) is 0 Å². The Morgan fingerprint density at radius 2 is 2.55 bits per heavy atom. The molecular weight excluding hydrogens is 140 g/mol. The SMILES string of the molecule is CC1=CC2CC(=O)NC2N=C1. The highest BCUT2D eigenvalue weighted by Gasteiger charge is 2.31. The number of rotatable bonds is 0. The quantitative estimate of drug-likeness (QED) is 0.536. The molecule has 2 atom stereocenters. The lowest BCUT2D eigenvalue weighted by Crippen LogP contribution is -2.28. The van der Waals surface area contributed by atoms with Crippen molar-refractivity contribution >= 4 is 12.1 Å². The molecule has 1 amide bonds. The topological polar surface area (TPSA) is 41.5 Å². The van der Waals surface area contributed by atoms with Crippen LogP contribution in [-0.2, 0) is 4.79 Å². The minimum absolute atomic E-state index is 0.0196. The number of carbonyl (C=O) groups is 1. The number of hydrogen-bond donors (Lipinski definition) is 1. The largest absolute Gasteiger partial charge is 0.334 e. The van der Waals surface area contributed by atoms with Crippen molar-refractivity contribution in [2.75, 3.05) is 0 Å². The van der Waals surface area contributed by atoms with E-state index in [0.29, 0.717) is 12.3 Å². The molecule has 1 saturated heterocycles. The number of carbonyl (C=O) groups excluding carboxylic acids is 1. The van der Waals surface area contributed by atoms with Crippen molar-refractivity contribution in [3.8, 4) is 0 Å². The van der Waals surface area contributed by atoms with Crippen molar-refractivity contribution in [2.45, 2.75) is 19.5 Å². The van der Waals surface area contributed by atoms with Crippen LogP contribution in [0.15, 0.2) is 16.6 Å². The molecule has 0 aliphatic carbocycles. The summed E-state index contributed by atoms with van der Waals surface area (Å²) in [5, 5.41) is 2.79. The predicted octanol–water partition coefficient (Wildman–Crippen LogP) is 0.479. The van der Waals surface area contributed by atoms with E-state index in [2.05, 4.69) is 16.4 Å². The first-order chi connectivity index (χ1) is 5.25. The van der Waals surface area contributed by atoms with Crippen molar-refractivity contribution in [1.82, 2.24) is 5.32 Å². The Bertz CT molecular complexity index is 255. The van der Waals surface area contributed by atoms with Crippen LogP contribution >= 0.6 is 0 Å². The minimum atomic E-state index is 0.0196. The van der Waals surface area contributed by atoms with Gasteiger partial charge in [0.1, 0.15) is 6.17 Å². The first-order valence-electron chi connectivity index (χ1n) is 3.77. The van der Waals surface area contributed by atoms with Crippen LogP contribution in [0.5, 0.6) is 0 Å². The van der Waals surface area contributed by atoms with E-state index in [1.54, 1.807) is 0 Å². The Labute approximate surface area is 65.2 Å². The molecule has 1 fully saturated rings. The molecular formula is C8H10N2O. The van der Waals surface area contributed by atoms with E-state index >= 15 is 0 Å². The average Bonchev–Trinajstić information content (AvgIpc) is 2.27. The molecule has 0 aromatic carbocycles. The zero-order chi connectivity index (χ0) is 7.84. The number of hydrogen-bond acceptors (Lipinski definition) is 2. The third-order valence-corrected chi connectivity index (χ3v) is 2.05. The fraction of sp³-hybridized carbons (Fsp3) is 0.500. The molecule has 0 bridgehead atoms. The summed E-state index contributed by atoms with van der Waals surface area (Å²) in [6.45, 7) is 2.00. The molecule has 3 nitrogen and oxygen atoms in total. The molecule has 2 aliphatic heterocycles. The van der Waals surface area contributed by atoms with Crippen molar-refractivity contribution in [1.29, 1.82) is 0 Å². The number of nitrogens with zero attached hydrogens (tertiary/aromatic N) is 1. The van der Waals surface area contributed by atoms with Crippen LogP contribution < -0.4 is 5.32 Å². The summed E-state index contributed by atoms with van der Waals surface area (Å²) in [7, 11) is 0. The summed E-state index contributed by atoms with van der Waals surface area (Å²) >= 11 is 0. The van der Waals surface area contributed by atoms with Crippen LogP contribution in [0.4, 0.5) is 0 Å². The summed E-state index contributed by atoms with van der Waals surface area (Å²) < 4.78 is 0. The van der Waals surface area contributed by atoms with Gasteiger partial charge in [-0.1, -0.05) is 6.08 Å². The highest BCUT2D eigenvalue weighted by molar-refractivity contribution is 5.84.